The smallest absolute Gasteiger partial charge is 0.194 e. The van der Waals surface area contributed by atoms with E-state index >= 15 is 0 Å². The summed E-state index contributed by atoms with van der Waals surface area (Å²) in [6, 6.07) is 11.5. The lowest BCUT2D eigenvalue weighted by molar-refractivity contribution is 0.265. The van der Waals surface area contributed by atoms with Gasteiger partial charge in [0.2, 0.25) is 0 Å². The molecule has 2 unspecified atom stereocenters. The van der Waals surface area contributed by atoms with E-state index in [9.17, 15) is 0 Å². The van der Waals surface area contributed by atoms with Gasteiger partial charge in [-0.1, -0.05) is 37.3 Å². The number of aliphatic imine (C=N–C) groups is 1. The van der Waals surface area contributed by atoms with Gasteiger partial charge in [0.15, 0.2) is 11.8 Å². The molecule has 2 saturated heterocycles. The van der Waals surface area contributed by atoms with E-state index in [-0.39, 0.29) is 0 Å². The summed E-state index contributed by atoms with van der Waals surface area (Å²) in [5.41, 5.74) is 1.43. The third-order valence-electron chi connectivity index (χ3n) is 6.91. The van der Waals surface area contributed by atoms with Crippen LogP contribution in [0.4, 0.5) is 0 Å². The molecule has 0 saturated carbocycles. The highest BCUT2D eigenvalue weighted by Gasteiger charge is 2.27. The van der Waals surface area contributed by atoms with Crippen molar-refractivity contribution in [1.29, 1.82) is 0 Å². The van der Waals surface area contributed by atoms with Gasteiger partial charge in [0.05, 0.1) is 0 Å². The van der Waals surface area contributed by atoms with Crippen LogP contribution in [-0.2, 0) is 20.0 Å². The van der Waals surface area contributed by atoms with E-state index in [2.05, 4.69) is 62.6 Å². The standard InChI is InChI=1S/C24H37N7/c1-4-30-13-8-11-22(30)16-25-24(26-17-23-28-27-19(2)29(23)3)31-14-12-21(18-31)15-20-9-6-5-7-10-20/h5-7,9-10,21-22H,4,8,11-18H2,1-3H3,(H,25,26). The molecule has 1 N–H and O–H groups in total. The number of nitrogens with one attached hydrogen (secondary N) is 1. The van der Waals surface area contributed by atoms with E-state index in [0.717, 1.165) is 50.2 Å². The van der Waals surface area contributed by atoms with Crippen LogP contribution >= 0.6 is 0 Å². The van der Waals surface area contributed by atoms with Gasteiger partial charge in [-0.3, -0.25) is 4.90 Å². The van der Waals surface area contributed by atoms with E-state index in [1.165, 1.54) is 31.4 Å². The second-order valence-corrected chi connectivity index (χ2v) is 8.96. The van der Waals surface area contributed by atoms with Gasteiger partial charge in [-0.15, -0.1) is 10.2 Å². The summed E-state index contributed by atoms with van der Waals surface area (Å²) in [4.78, 5) is 10.0. The van der Waals surface area contributed by atoms with Gasteiger partial charge in [-0.25, -0.2) is 4.99 Å². The van der Waals surface area contributed by atoms with Gasteiger partial charge in [0, 0.05) is 32.7 Å². The van der Waals surface area contributed by atoms with Crippen molar-refractivity contribution >= 4 is 5.96 Å². The summed E-state index contributed by atoms with van der Waals surface area (Å²) in [5, 5.41) is 12.2. The van der Waals surface area contributed by atoms with Crippen molar-refractivity contribution < 1.29 is 0 Å². The van der Waals surface area contributed by atoms with Crippen LogP contribution in [0, 0.1) is 12.8 Å². The molecule has 7 nitrogen and oxygen atoms in total. The zero-order valence-electron chi connectivity index (χ0n) is 19.3. The fourth-order valence-electron chi connectivity index (χ4n) is 4.89. The summed E-state index contributed by atoms with van der Waals surface area (Å²) in [6.45, 7) is 10.2. The molecule has 2 aromatic rings. The number of benzene rings is 1. The molecular formula is C24H37N7. The summed E-state index contributed by atoms with van der Waals surface area (Å²) < 4.78 is 2.03. The number of likely N-dealkylation sites (N-methyl/N-ethyl adjacent to an activating group) is 1. The molecule has 7 heteroatoms. The molecule has 31 heavy (non-hydrogen) atoms. The molecule has 0 aliphatic carbocycles. The topological polar surface area (TPSA) is 61.6 Å². The number of nitrogens with zero attached hydrogens (tertiary/aromatic N) is 6. The molecule has 1 aromatic heterocycles. The van der Waals surface area contributed by atoms with Crippen molar-refractivity contribution in [3.63, 3.8) is 0 Å². The molecule has 0 amide bonds. The summed E-state index contributed by atoms with van der Waals surface area (Å²) in [5.74, 6) is 3.53. The quantitative estimate of drug-likeness (QED) is 0.548. The van der Waals surface area contributed by atoms with Crippen LogP contribution in [0.1, 0.15) is 43.4 Å². The zero-order valence-corrected chi connectivity index (χ0v) is 19.3. The number of likely N-dealkylation sites (tertiary alicyclic amines) is 2. The van der Waals surface area contributed by atoms with E-state index < -0.39 is 0 Å². The summed E-state index contributed by atoms with van der Waals surface area (Å²) in [7, 11) is 2.01. The minimum atomic E-state index is 0.557. The first-order chi connectivity index (χ1) is 15.1. The molecule has 2 fully saturated rings. The molecule has 0 radical (unpaired) electrons. The van der Waals surface area contributed by atoms with E-state index in [1.807, 2.05) is 18.5 Å². The summed E-state index contributed by atoms with van der Waals surface area (Å²) >= 11 is 0. The van der Waals surface area contributed by atoms with Crippen LogP contribution in [0.3, 0.4) is 0 Å². The number of hydrogen-bond donors (Lipinski definition) is 1. The molecule has 2 aliphatic heterocycles. The first kappa shape index (κ1) is 21.8. The van der Waals surface area contributed by atoms with Crippen LogP contribution in [0.15, 0.2) is 35.3 Å². The normalized spacial score (nSPS) is 22.4. The SMILES string of the molecule is CCN1CCCC1CNC(=NCc1nnc(C)n1C)N1CCC(Cc2ccccc2)C1. The Kier molecular flexibility index (Phi) is 7.22. The van der Waals surface area contributed by atoms with Crippen molar-refractivity contribution in [3.8, 4) is 0 Å². The molecule has 0 bridgehead atoms. The maximum Gasteiger partial charge on any atom is 0.194 e. The highest BCUT2D eigenvalue weighted by Crippen LogP contribution is 2.22. The van der Waals surface area contributed by atoms with Crippen molar-refractivity contribution in [1.82, 2.24) is 29.9 Å². The number of rotatable bonds is 7. The average Bonchev–Trinajstić information content (AvgIpc) is 3.51. The minimum absolute atomic E-state index is 0.557. The lowest BCUT2D eigenvalue weighted by Crippen LogP contribution is -2.46. The largest absolute Gasteiger partial charge is 0.355 e. The van der Waals surface area contributed by atoms with Crippen molar-refractivity contribution in [2.75, 3.05) is 32.7 Å². The van der Waals surface area contributed by atoms with E-state index in [0.29, 0.717) is 18.5 Å². The summed E-state index contributed by atoms with van der Waals surface area (Å²) in [6.07, 6.45) is 4.92. The van der Waals surface area contributed by atoms with Crippen molar-refractivity contribution in [2.45, 2.75) is 52.1 Å². The second kappa shape index (κ2) is 10.3. The fourth-order valence-corrected chi connectivity index (χ4v) is 4.89. The van der Waals surface area contributed by atoms with Crippen molar-refractivity contribution in [2.24, 2.45) is 18.0 Å². The van der Waals surface area contributed by atoms with Crippen LogP contribution in [-0.4, -0.2) is 69.3 Å². The van der Waals surface area contributed by atoms with Crippen LogP contribution < -0.4 is 5.32 Å². The van der Waals surface area contributed by atoms with Crippen molar-refractivity contribution in [3.05, 3.63) is 47.5 Å². The lowest BCUT2D eigenvalue weighted by Gasteiger charge is -2.27. The Morgan fingerprint density at radius 3 is 2.74 bits per heavy atom. The van der Waals surface area contributed by atoms with Gasteiger partial charge >= 0.3 is 0 Å². The van der Waals surface area contributed by atoms with Crippen LogP contribution in [0.2, 0.25) is 0 Å². The molecule has 2 atom stereocenters. The third-order valence-corrected chi connectivity index (χ3v) is 6.91. The highest BCUT2D eigenvalue weighted by molar-refractivity contribution is 5.80. The number of aryl methyl sites for hydroxylation is 1. The third kappa shape index (κ3) is 5.45. The maximum absolute atomic E-state index is 4.99. The zero-order chi connectivity index (χ0) is 21.6. The van der Waals surface area contributed by atoms with Gasteiger partial charge in [0.25, 0.3) is 0 Å². The van der Waals surface area contributed by atoms with Gasteiger partial charge in [0.1, 0.15) is 12.4 Å². The molecule has 3 heterocycles. The Morgan fingerprint density at radius 2 is 2.00 bits per heavy atom. The molecule has 1 aromatic carbocycles. The Labute approximate surface area is 186 Å². The number of hydrogen-bond acceptors (Lipinski definition) is 4. The Hall–Kier alpha value is -2.41. The average molecular weight is 424 g/mol. The molecule has 168 valence electrons. The number of guanidine groups is 1. The first-order valence-corrected chi connectivity index (χ1v) is 11.8. The minimum Gasteiger partial charge on any atom is -0.355 e. The second-order valence-electron chi connectivity index (χ2n) is 8.96. The first-order valence-electron chi connectivity index (χ1n) is 11.8. The maximum atomic E-state index is 4.99. The molecule has 0 spiro atoms. The van der Waals surface area contributed by atoms with E-state index in [4.69, 9.17) is 4.99 Å². The van der Waals surface area contributed by atoms with E-state index in [1.54, 1.807) is 0 Å². The van der Waals surface area contributed by atoms with Crippen LogP contribution in [0.5, 0.6) is 0 Å². The Bertz CT molecular complexity index is 860. The highest BCUT2D eigenvalue weighted by atomic mass is 15.3. The van der Waals surface area contributed by atoms with Gasteiger partial charge in [-0.05, 0) is 57.2 Å². The monoisotopic (exact) mass is 423 g/mol. The molecule has 4 rings (SSSR count). The fraction of sp³-hybridized carbons (Fsp3) is 0.625. The Balaban J connectivity index is 1.42. The van der Waals surface area contributed by atoms with Crippen LogP contribution in [0.25, 0.3) is 0 Å². The molecular weight excluding hydrogens is 386 g/mol. The predicted octanol–water partition coefficient (Wildman–Crippen LogP) is 2.62. The van der Waals surface area contributed by atoms with Gasteiger partial charge < -0.3 is 14.8 Å². The predicted molar refractivity (Wildman–Crippen MR) is 125 cm³/mol. The lowest BCUT2D eigenvalue weighted by atomic mass is 9.99. The number of aromatic nitrogens is 3. The van der Waals surface area contributed by atoms with Gasteiger partial charge in [-0.2, -0.15) is 0 Å². The Morgan fingerprint density at radius 1 is 1.16 bits per heavy atom. The molecule has 2 aliphatic rings.